The monoisotopic (exact) mass is 345 g/mol. The standard InChI is InChI=1S/C19H31N5O/c25-19(23-11-5-2-6-12-23)18-15-24(21-20-18)17-9-13-22(14-10-17)16-7-3-1-4-8-16/h15-17H,1-14H2. The van der Waals surface area contributed by atoms with Crippen LogP contribution in [0.1, 0.15) is 80.7 Å². The minimum atomic E-state index is 0.0607. The maximum atomic E-state index is 12.6. The Balaban J connectivity index is 1.32. The van der Waals surface area contributed by atoms with E-state index in [1.807, 2.05) is 15.8 Å². The van der Waals surface area contributed by atoms with Crippen LogP contribution in [0.5, 0.6) is 0 Å². The van der Waals surface area contributed by atoms with Crippen molar-refractivity contribution in [1.82, 2.24) is 24.8 Å². The van der Waals surface area contributed by atoms with Crippen molar-refractivity contribution in [3.8, 4) is 0 Å². The molecule has 1 amide bonds. The van der Waals surface area contributed by atoms with Crippen molar-refractivity contribution in [2.24, 2.45) is 0 Å². The summed E-state index contributed by atoms with van der Waals surface area (Å²) in [4.78, 5) is 17.2. The maximum absolute atomic E-state index is 12.6. The van der Waals surface area contributed by atoms with Crippen molar-refractivity contribution in [1.29, 1.82) is 0 Å². The first-order valence-corrected chi connectivity index (χ1v) is 10.3. The molecule has 0 atom stereocenters. The Morgan fingerprint density at radius 1 is 0.840 bits per heavy atom. The lowest BCUT2D eigenvalue weighted by Crippen LogP contribution is -2.42. The van der Waals surface area contributed by atoms with Crippen molar-refractivity contribution in [3.63, 3.8) is 0 Å². The molecule has 138 valence electrons. The van der Waals surface area contributed by atoms with E-state index in [2.05, 4.69) is 15.2 Å². The van der Waals surface area contributed by atoms with Crippen LogP contribution in [0.25, 0.3) is 0 Å². The van der Waals surface area contributed by atoms with E-state index in [9.17, 15) is 4.79 Å². The average molecular weight is 345 g/mol. The Labute approximate surface area is 150 Å². The summed E-state index contributed by atoms with van der Waals surface area (Å²) in [5.74, 6) is 0.0607. The van der Waals surface area contributed by atoms with Gasteiger partial charge in [-0.15, -0.1) is 5.10 Å². The van der Waals surface area contributed by atoms with Gasteiger partial charge in [0.15, 0.2) is 5.69 Å². The Kier molecular flexibility index (Phi) is 5.34. The predicted molar refractivity (Wildman–Crippen MR) is 96.5 cm³/mol. The molecule has 0 bridgehead atoms. The van der Waals surface area contributed by atoms with E-state index in [0.29, 0.717) is 11.7 Å². The normalized spacial score (nSPS) is 24.6. The number of aromatic nitrogens is 3. The van der Waals surface area contributed by atoms with Crippen molar-refractivity contribution in [2.75, 3.05) is 26.2 Å². The highest BCUT2D eigenvalue weighted by Gasteiger charge is 2.28. The fourth-order valence-electron chi connectivity index (χ4n) is 4.77. The highest BCUT2D eigenvalue weighted by molar-refractivity contribution is 5.91. The summed E-state index contributed by atoms with van der Waals surface area (Å²) in [5, 5.41) is 8.48. The van der Waals surface area contributed by atoms with Gasteiger partial charge >= 0.3 is 0 Å². The molecule has 6 nitrogen and oxygen atoms in total. The van der Waals surface area contributed by atoms with Gasteiger partial charge in [-0.1, -0.05) is 24.5 Å². The molecule has 0 spiro atoms. The molecule has 3 heterocycles. The average Bonchev–Trinajstić information content (AvgIpc) is 3.19. The first-order chi connectivity index (χ1) is 12.3. The lowest BCUT2D eigenvalue weighted by molar-refractivity contribution is 0.0718. The summed E-state index contributed by atoms with van der Waals surface area (Å²) in [6.45, 7) is 4.05. The van der Waals surface area contributed by atoms with Crippen LogP contribution in [0.3, 0.4) is 0 Å². The second-order valence-electron chi connectivity index (χ2n) is 8.00. The number of rotatable bonds is 3. The van der Waals surface area contributed by atoms with Gasteiger partial charge in [0.25, 0.3) is 5.91 Å². The highest BCUT2D eigenvalue weighted by Crippen LogP contribution is 2.28. The predicted octanol–water partition coefficient (Wildman–Crippen LogP) is 2.87. The zero-order chi connectivity index (χ0) is 17.1. The number of hydrogen-bond acceptors (Lipinski definition) is 4. The lowest BCUT2D eigenvalue weighted by atomic mass is 9.92. The van der Waals surface area contributed by atoms with E-state index in [1.165, 1.54) is 38.5 Å². The van der Waals surface area contributed by atoms with Crippen molar-refractivity contribution < 1.29 is 4.79 Å². The number of piperidine rings is 2. The molecule has 2 saturated heterocycles. The second-order valence-corrected chi connectivity index (χ2v) is 8.00. The minimum absolute atomic E-state index is 0.0607. The van der Waals surface area contributed by atoms with E-state index in [0.717, 1.165) is 57.9 Å². The van der Waals surface area contributed by atoms with Crippen molar-refractivity contribution in [2.45, 2.75) is 76.3 Å². The minimum Gasteiger partial charge on any atom is -0.337 e. The highest BCUT2D eigenvalue weighted by atomic mass is 16.2. The van der Waals surface area contributed by atoms with Crippen LogP contribution in [0.2, 0.25) is 0 Å². The van der Waals surface area contributed by atoms with Crippen LogP contribution in [-0.2, 0) is 0 Å². The summed E-state index contributed by atoms with van der Waals surface area (Å²) < 4.78 is 1.95. The molecule has 1 aliphatic carbocycles. The molecule has 25 heavy (non-hydrogen) atoms. The van der Waals surface area contributed by atoms with Crippen molar-refractivity contribution >= 4 is 5.91 Å². The van der Waals surface area contributed by atoms with Crippen LogP contribution >= 0.6 is 0 Å². The van der Waals surface area contributed by atoms with E-state index in [4.69, 9.17) is 0 Å². The summed E-state index contributed by atoms with van der Waals surface area (Å²) >= 11 is 0. The zero-order valence-corrected chi connectivity index (χ0v) is 15.3. The number of hydrogen-bond donors (Lipinski definition) is 0. The molecule has 1 saturated carbocycles. The molecule has 0 N–H and O–H groups in total. The molecule has 0 aromatic carbocycles. The summed E-state index contributed by atoms with van der Waals surface area (Å²) in [6, 6.07) is 1.21. The fourth-order valence-corrected chi connectivity index (χ4v) is 4.77. The van der Waals surface area contributed by atoms with E-state index < -0.39 is 0 Å². The van der Waals surface area contributed by atoms with Gasteiger partial charge < -0.3 is 9.80 Å². The van der Waals surface area contributed by atoms with E-state index >= 15 is 0 Å². The van der Waals surface area contributed by atoms with Crippen LogP contribution in [-0.4, -0.2) is 62.9 Å². The summed E-state index contributed by atoms with van der Waals surface area (Å²) in [7, 11) is 0. The van der Waals surface area contributed by atoms with Crippen LogP contribution in [0.15, 0.2) is 6.20 Å². The van der Waals surface area contributed by atoms with Gasteiger partial charge in [0, 0.05) is 32.2 Å². The third-order valence-electron chi connectivity index (χ3n) is 6.34. The third-order valence-corrected chi connectivity index (χ3v) is 6.34. The molecule has 4 rings (SSSR count). The number of amides is 1. The number of likely N-dealkylation sites (tertiary alicyclic amines) is 2. The second kappa shape index (κ2) is 7.85. The largest absolute Gasteiger partial charge is 0.337 e. The van der Waals surface area contributed by atoms with E-state index in [1.54, 1.807) is 0 Å². The van der Waals surface area contributed by atoms with Gasteiger partial charge in [-0.3, -0.25) is 4.79 Å². The number of carbonyl (C=O) groups excluding carboxylic acids is 1. The molecule has 2 aliphatic heterocycles. The topological polar surface area (TPSA) is 54.3 Å². The molecule has 0 unspecified atom stereocenters. The summed E-state index contributed by atoms with van der Waals surface area (Å²) in [6.07, 6.45) is 14.6. The molecule has 3 fully saturated rings. The Morgan fingerprint density at radius 3 is 2.24 bits per heavy atom. The quantitative estimate of drug-likeness (QED) is 0.845. The van der Waals surface area contributed by atoms with Gasteiger partial charge in [0.2, 0.25) is 0 Å². The van der Waals surface area contributed by atoms with Gasteiger partial charge in [0.05, 0.1) is 12.2 Å². The first kappa shape index (κ1) is 17.0. The van der Waals surface area contributed by atoms with Gasteiger partial charge in [0.1, 0.15) is 0 Å². The molecular formula is C19H31N5O. The Hall–Kier alpha value is -1.43. The third kappa shape index (κ3) is 3.89. The Bertz CT molecular complexity index is 566. The molecule has 3 aliphatic rings. The molecule has 0 radical (unpaired) electrons. The van der Waals surface area contributed by atoms with Crippen LogP contribution in [0.4, 0.5) is 0 Å². The van der Waals surface area contributed by atoms with Gasteiger partial charge in [-0.05, 0) is 44.9 Å². The molecular weight excluding hydrogens is 314 g/mol. The van der Waals surface area contributed by atoms with Gasteiger partial charge in [-0.25, -0.2) is 4.68 Å². The first-order valence-electron chi connectivity index (χ1n) is 10.3. The van der Waals surface area contributed by atoms with Crippen LogP contribution < -0.4 is 0 Å². The molecule has 1 aromatic rings. The molecule has 1 aromatic heterocycles. The zero-order valence-electron chi connectivity index (χ0n) is 15.3. The van der Waals surface area contributed by atoms with E-state index in [-0.39, 0.29) is 5.91 Å². The molecule has 6 heteroatoms. The van der Waals surface area contributed by atoms with Gasteiger partial charge in [-0.2, -0.15) is 0 Å². The Morgan fingerprint density at radius 2 is 1.52 bits per heavy atom. The number of carbonyl (C=O) groups is 1. The van der Waals surface area contributed by atoms with Crippen LogP contribution in [0, 0.1) is 0 Å². The SMILES string of the molecule is O=C(c1cn(C2CCN(C3CCCCC3)CC2)nn1)N1CCCCC1. The summed E-state index contributed by atoms with van der Waals surface area (Å²) in [5.41, 5.74) is 0.525. The van der Waals surface area contributed by atoms with Crippen molar-refractivity contribution in [3.05, 3.63) is 11.9 Å². The number of nitrogens with zero attached hydrogens (tertiary/aromatic N) is 5. The smallest absolute Gasteiger partial charge is 0.276 e. The maximum Gasteiger partial charge on any atom is 0.276 e. The lowest BCUT2D eigenvalue weighted by Gasteiger charge is -2.39. The fraction of sp³-hybridized carbons (Fsp3) is 0.842.